The van der Waals surface area contributed by atoms with E-state index in [0.717, 1.165) is 26.2 Å². The maximum atomic E-state index is 14.1. The fraction of sp³-hybridized carbons (Fsp3) is 0.500. The van der Waals surface area contributed by atoms with Crippen LogP contribution in [0.25, 0.3) is 0 Å². The Hall–Kier alpha value is -1.23. The van der Waals surface area contributed by atoms with E-state index >= 15 is 0 Å². The van der Waals surface area contributed by atoms with Gasteiger partial charge in [0.1, 0.15) is 5.82 Å². The van der Waals surface area contributed by atoms with Crippen molar-refractivity contribution < 1.29 is 4.39 Å². The molecule has 3 nitrogen and oxygen atoms in total. The second-order valence-electron chi connectivity index (χ2n) is 5.71. The molecule has 0 bridgehead atoms. The van der Waals surface area contributed by atoms with E-state index in [2.05, 4.69) is 23.4 Å². The molecule has 1 aliphatic heterocycles. The topological polar surface area (TPSA) is 32.5 Å². The number of rotatable bonds is 5. The van der Waals surface area contributed by atoms with Crippen molar-refractivity contribution in [3.05, 3.63) is 48.3 Å². The number of hydrogen-bond donors (Lipinski definition) is 1. The Morgan fingerprint density at radius 3 is 2.55 bits per heavy atom. The normalized spacial score (nSPS) is 20.6. The standard InChI is InChI=1S/C16H24FN3/c1-3-8-16(18,14-6-4-5-7-15(14)17)13-20-11-9-19(2)10-12-20/h3-7H,1,8-13,18H2,2H3. The quantitative estimate of drug-likeness (QED) is 0.833. The summed E-state index contributed by atoms with van der Waals surface area (Å²) in [4.78, 5) is 4.61. The van der Waals surface area contributed by atoms with Crippen molar-refractivity contribution in [3.8, 4) is 0 Å². The fourth-order valence-electron chi connectivity index (χ4n) is 2.79. The summed E-state index contributed by atoms with van der Waals surface area (Å²) in [6.07, 6.45) is 2.35. The van der Waals surface area contributed by atoms with Gasteiger partial charge in [0.15, 0.2) is 0 Å². The van der Waals surface area contributed by atoms with Crippen LogP contribution in [-0.2, 0) is 5.54 Å². The first-order valence-electron chi connectivity index (χ1n) is 7.11. The maximum absolute atomic E-state index is 14.1. The number of nitrogens with two attached hydrogens (primary N) is 1. The number of benzene rings is 1. The van der Waals surface area contributed by atoms with Gasteiger partial charge < -0.3 is 10.6 Å². The predicted molar refractivity (Wildman–Crippen MR) is 81.0 cm³/mol. The van der Waals surface area contributed by atoms with Crippen LogP contribution in [0.1, 0.15) is 12.0 Å². The molecule has 0 aliphatic carbocycles. The lowest BCUT2D eigenvalue weighted by atomic mass is 9.86. The van der Waals surface area contributed by atoms with Gasteiger partial charge in [-0.2, -0.15) is 0 Å². The summed E-state index contributed by atoms with van der Waals surface area (Å²) in [6, 6.07) is 6.80. The van der Waals surface area contributed by atoms with Crippen LogP contribution < -0.4 is 5.73 Å². The summed E-state index contributed by atoms with van der Waals surface area (Å²) in [6.45, 7) is 8.44. The van der Waals surface area contributed by atoms with Gasteiger partial charge in [0.05, 0.1) is 5.54 Å². The van der Waals surface area contributed by atoms with E-state index in [4.69, 9.17) is 5.73 Å². The van der Waals surface area contributed by atoms with E-state index in [-0.39, 0.29) is 5.82 Å². The molecule has 1 heterocycles. The molecule has 1 aliphatic rings. The lowest BCUT2D eigenvalue weighted by Gasteiger charge is -2.39. The first kappa shape index (κ1) is 15.2. The molecule has 0 saturated carbocycles. The number of piperazine rings is 1. The molecule has 1 atom stereocenters. The summed E-state index contributed by atoms with van der Waals surface area (Å²) in [7, 11) is 2.12. The smallest absolute Gasteiger partial charge is 0.128 e. The highest BCUT2D eigenvalue weighted by molar-refractivity contribution is 5.27. The summed E-state index contributed by atoms with van der Waals surface area (Å²) in [5.74, 6) is -0.231. The van der Waals surface area contributed by atoms with E-state index in [1.165, 1.54) is 6.07 Å². The summed E-state index contributed by atoms with van der Waals surface area (Å²) >= 11 is 0. The SMILES string of the molecule is C=CCC(N)(CN1CCN(C)CC1)c1ccccc1F. The van der Waals surface area contributed by atoms with Gasteiger partial charge in [-0.1, -0.05) is 24.3 Å². The molecule has 4 heteroatoms. The monoisotopic (exact) mass is 277 g/mol. The number of halogens is 1. The Balaban J connectivity index is 2.17. The molecule has 2 rings (SSSR count). The maximum Gasteiger partial charge on any atom is 0.128 e. The molecule has 0 aromatic heterocycles. The molecule has 1 fully saturated rings. The first-order valence-corrected chi connectivity index (χ1v) is 7.11. The van der Waals surface area contributed by atoms with Crippen molar-refractivity contribution in [1.29, 1.82) is 0 Å². The zero-order valence-corrected chi connectivity index (χ0v) is 12.2. The minimum atomic E-state index is -0.705. The molecule has 0 amide bonds. The summed E-state index contributed by atoms with van der Waals surface area (Å²) in [5.41, 5.74) is 6.41. The van der Waals surface area contributed by atoms with E-state index in [0.29, 0.717) is 18.5 Å². The number of hydrogen-bond acceptors (Lipinski definition) is 3. The molecule has 0 radical (unpaired) electrons. The van der Waals surface area contributed by atoms with E-state index in [1.807, 2.05) is 6.07 Å². The molecule has 1 unspecified atom stereocenters. The highest BCUT2D eigenvalue weighted by atomic mass is 19.1. The average Bonchev–Trinajstić information content (AvgIpc) is 2.42. The summed E-state index contributed by atoms with van der Waals surface area (Å²) in [5, 5.41) is 0. The van der Waals surface area contributed by atoms with Gasteiger partial charge in [-0.25, -0.2) is 4.39 Å². The predicted octanol–water partition coefficient (Wildman–Crippen LogP) is 1.80. The third-order valence-electron chi connectivity index (χ3n) is 4.02. The number of likely N-dealkylation sites (N-methyl/N-ethyl adjacent to an activating group) is 1. The Bertz CT molecular complexity index is 455. The second kappa shape index (κ2) is 6.48. The van der Waals surface area contributed by atoms with Crippen molar-refractivity contribution in [1.82, 2.24) is 9.80 Å². The lowest BCUT2D eigenvalue weighted by molar-refractivity contribution is 0.125. The van der Waals surface area contributed by atoms with Crippen LogP contribution in [0.5, 0.6) is 0 Å². The van der Waals surface area contributed by atoms with Gasteiger partial charge in [0.2, 0.25) is 0 Å². The third-order valence-corrected chi connectivity index (χ3v) is 4.02. The third kappa shape index (κ3) is 3.45. The minimum Gasteiger partial charge on any atom is -0.320 e. The highest BCUT2D eigenvalue weighted by Crippen LogP contribution is 2.26. The van der Waals surface area contributed by atoms with Gasteiger partial charge in [0, 0.05) is 38.3 Å². The van der Waals surface area contributed by atoms with E-state index in [1.54, 1.807) is 18.2 Å². The van der Waals surface area contributed by atoms with Crippen molar-refractivity contribution in [3.63, 3.8) is 0 Å². The van der Waals surface area contributed by atoms with Crippen LogP contribution in [0.3, 0.4) is 0 Å². The average molecular weight is 277 g/mol. The van der Waals surface area contributed by atoms with E-state index < -0.39 is 5.54 Å². The van der Waals surface area contributed by atoms with Gasteiger partial charge in [-0.15, -0.1) is 6.58 Å². The Morgan fingerprint density at radius 2 is 1.95 bits per heavy atom. The van der Waals surface area contributed by atoms with Gasteiger partial charge in [-0.3, -0.25) is 4.90 Å². The molecule has 0 spiro atoms. The Labute approximate surface area is 120 Å². The lowest BCUT2D eigenvalue weighted by Crippen LogP contribution is -2.53. The molecule has 1 saturated heterocycles. The zero-order valence-electron chi connectivity index (χ0n) is 12.2. The van der Waals surface area contributed by atoms with Crippen LogP contribution in [0.4, 0.5) is 4.39 Å². The first-order chi connectivity index (χ1) is 9.55. The molecular weight excluding hydrogens is 253 g/mol. The van der Waals surface area contributed by atoms with E-state index in [9.17, 15) is 4.39 Å². The van der Waals surface area contributed by atoms with Crippen LogP contribution >= 0.6 is 0 Å². The number of nitrogens with zero attached hydrogens (tertiary/aromatic N) is 2. The van der Waals surface area contributed by atoms with Gasteiger partial charge in [0.25, 0.3) is 0 Å². The summed E-state index contributed by atoms with van der Waals surface area (Å²) < 4.78 is 14.1. The molecular formula is C16H24FN3. The van der Waals surface area contributed by atoms with Crippen LogP contribution in [0, 0.1) is 5.82 Å². The minimum absolute atomic E-state index is 0.231. The highest BCUT2D eigenvalue weighted by Gasteiger charge is 2.32. The Morgan fingerprint density at radius 1 is 1.30 bits per heavy atom. The molecule has 1 aromatic rings. The van der Waals surface area contributed by atoms with Crippen molar-refractivity contribution >= 4 is 0 Å². The van der Waals surface area contributed by atoms with Crippen LogP contribution in [0.2, 0.25) is 0 Å². The largest absolute Gasteiger partial charge is 0.320 e. The zero-order chi connectivity index (χ0) is 14.6. The van der Waals surface area contributed by atoms with Gasteiger partial charge >= 0.3 is 0 Å². The molecule has 1 aromatic carbocycles. The van der Waals surface area contributed by atoms with Crippen LogP contribution in [0.15, 0.2) is 36.9 Å². The van der Waals surface area contributed by atoms with Gasteiger partial charge in [-0.05, 0) is 19.5 Å². The molecule has 20 heavy (non-hydrogen) atoms. The van der Waals surface area contributed by atoms with Crippen molar-refractivity contribution in [2.75, 3.05) is 39.8 Å². The Kier molecular flexibility index (Phi) is 4.91. The fourth-order valence-corrected chi connectivity index (χ4v) is 2.79. The molecule has 2 N–H and O–H groups in total. The van der Waals surface area contributed by atoms with Crippen molar-refractivity contribution in [2.24, 2.45) is 5.73 Å². The molecule has 110 valence electrons. The van der Waals surface area contributed by atoms with Crippen LogP contribution in [-0.4, -0.2) is 49.6 Å². The van der Waals surface area contributed by atoms with Crippen molar-refractivity contribution in [2.45, 2.75) is 12.0 Å². The second-order valence-corrected chi connectivity index (χ2v) is 5.71.